The maximum Gasteiger partial charge on any atom is 0.308 e. The van der Waals surface area contributed by atoms with Gasteiger partial charge in [0, 0.05) is 0 Å². The third-order valence-corrected chi connectivity index (χ3v) is 5.12. The number of carbonyl (C=O) groups is 2. The number of pyridine rings is 1. The van der Waals surface area contributed by atoms with E-state index in [4.69, 9.17) is 20.5 Å². The lowest BCUT2D eigenvalue weighted by molar-refractivity contribution is -0.143. The van der Waals surface area contributed by atoms with Gasteiger partial charge in [-0.1, -0.05) is 23.9 Å². The summed E-state index contributed by atoms with van der Waals surface area (Å²) in [6.07, 6.45) is -0.0396. The monoisotopic (exact) mass is 439 g/mol. The first-order valence-electron chi connectivity index (χ1n) is 9.24. The van der Waals surface area contributed by atoms with Crippen molar-refractivity contribution in [2.75, 3.05) is 25.2 Å². The Morgan fingerprint density at radius 1 is 1.23 bits per heavy atom. The summed E-state index contributed by atoms with van der Waals surface area (Å²) in [4.78, 5) is 28.6. The normalized spacial score (nSPS) is 11.0. The molecule has 0 unspecified atom stereocenters. The molecule has 0 aliphatic rings. The molecule has 0 aliphatic carbocycles. The highest BCUT2D eigenvalue weighted by Gasteiger charge is 2.20. The smallest absolute Gasteiger partial charge is 0.308 e. The first-order valence-corrected chi connectivity index (χ1v) is 10.2. The maximum atomic E-state index is 12.6. The van der Waals surface area contributed by atoms with Crippen LogP contribution < -0.4 is 15.8 Å². The molecule has 10 heteroatoms. The summed E-state index contributed by atoms with van der Waals surface area (Å²) in [5.74, 6) is -0.243. The van der Waals surface area contributed by atoms with E-state index < -0.39 is 12.0 Å². The van der Waals surface area contributed by atoms with Crippen molar-refractivity contribution in [3.63, 3.8) is 0 Å². The summed E-state index contributed by atoms with van der Waals surface area (Å²) in [7, 11) is 1.55. The Labute approximate surface area is 184 Å². The molecule has 2 aromatic rings. The molecular formula is C21H21N5O4S. The van der Waals surface area contributed by atoms with Gasteiger partial charge in [0.15, 0.2) is 0 Å². The van der Waals surface area contributed by atoms with Crippen LogP contribution in [0, 0.1) is 22.7 Å². The van der Waals surface area contributed by atoms with Gasteiger partial charge in [-0.05, 0) is 30.7 Å². The minimum atomic E-state index is -0.604. The molecular weight excluding hydrogens is 418 g/mol. The largest absolute Gasteiger partial charge is 0.497 e. The van der Waals surface area contributed by atoms with E-state index in [1.807, 2.05) is 12.1 Å². The van der Waals surface area contributed by atoms with Gasteiger partial charge in [-0.25, -0.2) is 4.98 Å². The number of anilines is 1. The average molecular weight is 439 g/mol. The van der Waals surface area contributed by atoms with Gasteiger partial charge in [0.05, 0.1) is 43.1 Å². The molecule has 0 fully saturated rings. The van der Waals surface area contributed by atoms with Crippen molar-refractivity contribution in [3.8, 4) is 17.9 Å². The third kappa shape index (κ3) is 6.63. The van der Waals surface area contributed by atoms with Gasteiger partial charge in [0.2, 0.25) is 5.91 Å². The molecule has 31 heavy (non-hydrogen) atoms. The van der Waals surface area contributed by atoms with Crippen LogP contribution in [-0.2, 0) is 14.3 Å². The molecule has 0 aliphatic heterocycles. The molecule has 1 heterocycles. The van der Waals surface area contributed by atoms with Gasteiger partial charge in [-0.3, -0.25) is 9.59 Å². The predicted molar refractivity (Wildman–Crippen MR) is 114 cm³/mol. The van der Waals surface area contributed by atoms with Crippen LogP contribution in [-0.4, -0.2) is 36.3 Å². The Morgan fingerprint density at radius 3 is 2.48 bits per heavy atom. The summed E-state index contributed by atoms with van der Waals surface area (Å²) < 4.78 is 10.1. The number of aromatic nitrogens is 1. The molecule has 1 aromatic carbocycles. The van der Waals surface area contributed by atoms with Crippen LogP contribution in [0.1, 0.15) is 36.1 Å². The highest BCUT2D eigenvalue weighted by atomic mass is 32.2. The molecule has 1 atom stereocenters. The Kier molecular flexibility index (Phi) is 8.67. The number of nitrogen functional groups attached to an aromatic ring is 1. The number of rotatable bonds is 9. The Balaban J connectivity index is 2.12. The number of ether oxygens (including phenoxy) is 2. The fraction of sp³-hybridized carbons (Fsp3) is 0.286. The van der Waals surface area contributed by atoms with E-state index in [1.54, 1.807) is 38.3 Å². The lowest BCUT2D eigenvalue weighted by Gasteiger charge is -2.19. The van der Waals surface area contributed by atoms with E-state index in [1.165, 1.54) is 6.07 Å². The highest BCUT2D eigenvalue weighted by molar-refractivity contribution is 8.00. The number of thioether (sulfide) groups is 1. The van der Waals surface area contributed by atoms with Crippen molar-refractivity contribution in [1.82, 2.24) is 10.3 Å². The van der Waals surface area contributed by atoms with E-state index in [0.717, 1.165) is 11.8 Å². The molecule has 0 saturated heterocycles. The molecule has 2 rings (SSSR count). The molecule has 0 radical (unpaired) electrons. The van der Waals surface area contributed by atoms with Crippen LogP contribution >= 0.6 is 11.8 Å². The van der Waals surface area contributed by atoms with Crippen molar-refractivity contribution in [2.45, 2.75) is 24.4 Å². The first-order chi connectivity index (χ1) is 14.9. The van der Waals surface area contributed by atoms with Gasteiger partial charge in [-0.15, -0.1) is 0 Å². The molecule has 0 spiro atoms. The van der Waals surface area contributed by atoms with E-state index >= 15 is 0 Å². The standard InChI is InChI=1S/C21H21N5O4S/c1-3-30-19(28)9-17(13-4-6-16(29-2)7-5-13)25-18(27)12-31-21-15(11-23)8-14(10-22)20(24)26-21/h4-8,17H,3,9,12H2,1-2H3,(H2,24,26)(H,25,27)/t17-/m1/s1. The van der Waals surface area contributed by atoms with Crippen LogP contribution in [0.3, 0.4) is 0 Å². The molecule has 1 amide bonds. The molecule has 9 nitrogen and oxygen atoms in total. The van der Waals surface area contributed by atoms with Gasteiger partial charge in [0.1, 0.15) is 28.7 Å². The number of esters is 1. The third-order valence-electron chi connectivity index (χ3n) is 4.13. The van der Waals surface area contributed by atoms with Gasteiger partial charge >= 0.3 is 5.97 Å². The minimum absolute atomic E-state index is 0.0113. The zero-order chi connectivity index (χ0) is 22.8. The predicted octanol–water partition coefficient (Wildman–Crippen LogP) is 2.32. The molecule has 0 saturated carbocycles. The number of nitrogens with zero attached hydrogens (tertiary/aromatic N) is 3. The fourth-order valence-electron chi connectivity index (χ4n) is 2.63. The number of hydrogen-bond acceptors (Lipinski definition) is 9. The number of amides is 1. The molecule has 1 aromatic heterocycles. The summed E-state index contributed by atoms with van der Waals surface area (Å²) in [6, 6.07) is 11.5. The number of nitrogens with two attached hydrogens (primary N) is 1. The SMILES string of the molecule is CCOC(=O)C[C@@H](NC(=O)CSc1nc(N)c(C#N)cc1C#N)c1ccc(OC)cc1. The number of methoxy groups -OCH3 is 1. The number of hydrogen-bond donors (Lipinski definition) is 2. The van der Waals surface area contributed by atoms with Crippen LogP contribution in [0.15, 0.2) is 35.4 Å². The molecule has 0 bridgehead atoms. The second-order valence-electron chi connectivity index (χ2n) is 6.19. The van der Waals surface area contributed by atoms with Crippen molar-refractivity contribution >= 4 is 29.5 Å². The van der Waals surface area contributed by atoms with Gasteiger partial charge < -0.3 is 20.5 Å². The van der Waals surface area contributed by atoms with Crippen molar-refractivity contribution in [3.05, 3.63) is 47.0 Å². The number of carbonyl (C=O) groups excluding carboxylic acids is 2. The van der Waals surface area contributed by atoms with Crippen molar-refractivity contribution in [2.24, 2.45) is 0 Å². The summed E-state index contributed by atoms with van der Waals surface area (Å²) in [5.41, 5.74) is 6.67. The van der Waals surface area contributed by atoms with E-state index in [9.17, 15) is 14.9 Å². The zero-order valence-electron chi connectivity index (χ0n) is 17.0. The van der Waals surface area contributed by atoms with Crippen LogP contribution in [0.5, 0.6) is 5.75 Å². The Bertz CT molecular complexity index is 1030. The van der Waals surface area contributed by atoms with E-state index in [-0.39, 0.29) is 46.7 Å². The van der Waals surface area contributed by atoms with Crippen LogP contribution in [0.25, 0.3) is 0 Å². The number of nitriles is 2. The fourth-order valence-corrected chi connectivity index (χ4v) is 3.41. The summed E-state index contributed by atoms with van der Waals surface area (Å²) in [5, 5.41) is 21.3. The Hall–Kier alpha value is -3.76. The van der Waals surface area contributed by atoms with E-state index in [0.29, 0.717) is 11.3 Å². The number of nitrogens with one attached hydrogen (secondary N) is 1. The quantitative estimate of drug-likeness (QED) is 0.443. The topological polar surface area (TPSA) is 151 Å². The summed E-state index contributed by atoms with van der Waals surface area (Å²) >= 11 is 1.01. The van der Waals surface area contributed by atoms with Crippen molar-refractivity contribution < 1.29 is 19.1 Å². The second kappa shape index (κ2) is 11.4. The van der Waals surface area contributed by atoms with Crippen LogP contribution in [0.4, 0.5) is 5.82 Å². The maximum absolute atomic E-state index is 12.6. The molecule has 3 N–H and O–H groups in total. The zero-order valence-corrected chi connectivity index (χ0v) is 17.9. The van der Waals surface area contributed by atoms with Crippen LogP contribution in [0.2, 0.25) is 0 Å². The molecule has 160 valence electrons. The summed E-state index contributed by atoms with van der Waals surface area (Å²) in [6.45, 7) is 1.94. The van der Waals surface area contributed by atoms with Gasteiger partial charge in [-0.2, -0.15) is 10.5 Å². The van der Waals surface area contributed by atoms with E-state index in [2.05, 4.69) is 10.3 Å². The lowest BCUT2D eigenvalue weighted by atomic mass is 10.0. The lowest BCUT2D eigenvalue weighted by Crippen LogP contribution is -2.32. The average Bonchev–Trinajstić information content (AvgIpc) is 2.77. The van der Waals surface area contributed by atoms with Crippen molar-refractivity contribution in [1.29, 1.82) is 10.5 Å². The first kappa shape index (κ1) is 23.5. The highest BCUT2D eigenvalue weighted by Crippen LogP contribution is 2.25. The second-order valence-corrected chi connectivity index (χ2v) is 7.15. The minimum Gasteiger partial charge on any atom is -0.497 e. The van der Waals surface area contributed by atoms with Gasteiger partial charge in [0.25, 0.3) is 0 Å². The Morgan fingerprint density at radius 2 is 1.90 bits per heavy atom. The number of benzene rings is 1.